The van der Waals surface area contributed by atoms with Crippen molar-refractivity contribution in [2.45, 2.75) is 6.10 Å². The molecule has 5 heteroatoms. The van der Waals surface area contributed by atoms with Gasteiger partial charge in [-0.3, -0.25) is 0 Å². The van der Waals surface area contributed by atoms with Crippen molar-refractivity contribution in [2.24, 2.45) is 0 Å². The summed E-state index contributed by atoms with van der Waals surface area (Å²) >= 11 is 0. The Morgan fingerprint density at radius 1 is 0.864 bits per heavy atom. The molecule has 0 saturated heterocycles. The maximum atomic E-state index is 5.62. The minimum Gasteiger partial charge on any atom is -0.486 e. The maximum absolute atomic E-state index is 5.62. The lowest BCUT2D eigenvalue weighted by atomic mass is 10.3. The molecule has 2 aromatic rings. The van der Waals surface area contributed by atoms with Gasteiger partial charge in [-0.25, -0.2) is 0 Å². The molecule has 4 rings (SSSR count). The van der Waals surface area contributed by atoms with Crippen LogP contribution < -0.4 is 18.9 Å². The fraction of sp³-hybridized carbons (Fsp3) is 0.294. The first-order valence-corrected chi connectivity index (χ1v) is 7.09. The van der Waals surface area contributed by atoms with Crippen LogP contribution in [0.1, 0.15) is 0 Å². The van der Waals surface area contributed by atoms with Crippen molar-refractivity contribution >= 4 is 0 Å². The molecule has 0 unspecified atom stereocenters. The Balaban J connectivity index is 0.000000139. The second-order valence-corrected chi connectivity index (χ2v) is 4.81. The molecule has 0 aliphatic carbocycles. The van der Waals surface area contributed by atoms with Gasteiger partial charge in [0.2, 0.25) is 6.79 Å². The molecule has 1 atom stereocenters. The van der Waals surface area contributed by atoms with Crippen LogP contribution in [0.4, 0.5) is 0 Å². The van der Waals surface area contributed by atoms with E-state index >= 15 is 0 Å². The molecule has 2 aromatic carbocycles. The Hall–Kier alpha value is -2.40. The van der Waals surface area contributed by atoms with Crippen LogP contribution in [0.5, 0.6) is 23.0 Å². The summed E-state index contributed by atoms with van der Waals surface area (Å²) < 4.78 is 26.2. The van der Waals surface area contributed by atoms with Crippen LogP contribution in [-0.2, 0) is 4.74 Å². The summed E-state index contributed by atoms with van der Waals surface area (Å²) in [7, 11) is 1.66. The zero-order valence-electron chi connectivity index (χ0n) is 12.4. The average Bonchev–Trinajstić information content (AvgIpc) is 3.04. The zero-order valence-corrected chi connectivity index (χ0v) is 12.4. The van der Waals surface area contributed by atoms with Gasteiger partial charge >= 0.3 is 0 Å². The second-order valence-electron chi connectivity index (χ2n) is 4.81. The van der Waals surface area contributed by atoms with Gasteiger partial charge in [0, 0.05) is 7.11 Å². The highest BCUT2D eigenvalue weighted by molar-refractivity contribution is 5.41. The van der Waals surface area contributed by atoms with Crippen molar-refractivity contribution in [1.29, 1.82) is 0 Å². The molecular weight excluding hydrogens is 284 g/mol. The highest BCUT2D eigenvalue weighted by Gasteiger charge is 2.19. The van der Waals surface area contributed by atoms with Gasteiger partial charge < -0.3 is 23.7 Å². The number of rotatable bonds is 2. The summed E-state index contributed by atoms with van der Waals surface area (Å²) in [5.41, 5.74) is 0. The Labute approximate surface area is 129 Å². The summed E-state index contributed by atoms with van der Waals surface area (Å²) in [6.07, 6.45) is 0.0138. The fourth-order valence-corrected chi connectivity index (χ4v) is 2.18. The summed E-state index contributed by atoms with van der Waals surface area (Å²) in [5.74, 6) is 3.31. The van der Waals surface area contributed by atoms with Gasteiger partial charge in [-0.05, 0) is 24.3 Å². The summed E-state index contributed by atoms with van der Waals surface area (Å²) in [6, 6.07) is 15.3. The smallest absolute Gasteiger partial charge is 0.231 e. The standard InChI is InChI=1S/C10H12O3.C7H6O2/c1-11-6-8-7-12-9-4-2-3-5-10(9)13-8;1-2-4-7-6(3-1)8-5-9-7/h2-5,8H,6-7H2,1H3;1-4H,5H2/t8-;/m0./s1. The molecule has 2 aliphatic heterocycles. The maximum Gasteiger partial charge on any atom is 0.231 e. The molecule has 0 radical (unpaired) electrons. The summed E-state index contributed by atoms with van der Waals surface area (Å²) in [5, 5.41) is 0. The van der Waals surface area contributed by atoms with E-state index in [0.717, 1.165) is 23.0 Å². The van der Waals surface area contributed by atoms with Gasteiger partial charge in [-0.2, -0.15) is 0 Å². The van der Waals surface area contributed by atoms with E-state index in [1.165, 1.54) is 0 Å². The Bertz CT molecular complexity index is 591. The van der Waals surface area contributed by atoms with Crippen LogP contribution in [0, 0.1) is 0 Å². The molecule has 2 heterocycles. The molecule has 0 spiro atoms. The van der Waals surface area contributed by atoms with Crippen LogP contribution in [-0.4, -0.2) is 33.2 Å². The first-order chi connectivity index (χ1) is 10.9. The highest BCUT2D eigenvalue weighted by atomic mass is 16.7. The van der Waals surface area contributed by atoms with Gasteiger partial charge in [0.05, 0.1) is 6.61 Å². The van der Waals surface area contributed by atoms with Crippen molar-refractivity contribution in [3.8, 4) is 23.0 Å². The Morgan fingerprint density at radius 2 is 1.41 bits per heavy atom. The van der Waals surface area contributed by atoms with E-state index < -0.39 is 0 Å². The number of hydrogen-bond donors (Lipinski definition) is 0. The third-order valence-electron chi connectivity index (χ3n) is 3.20. The topological polar surface area (TPSA) is 46.2 Å². The number of ether oxygens (including phenoxy) is 5. The SMILES string of the molecule is COC[C@H]1COc2ccccc2O1.c1ccc2c(c1)OCO2. The number of para-hydroxylation sites is 4. The monoisotopic (exact) mass is 302 g/mol. The minimum atomic E-state index is 0.0138. The first kappa shape index (κ1) is 14.5. The number of hydrogen-bond acceptors (Lipinski definition) is 5. The molecule has 116 valence electrons. The lowest BCUT2D eigenvalue weighted by Gasteiger charge is -2.25. The van der Waals surface area contributed by atoms with E-state index in [2.05, 4.69) is 0 Å². The minimum absolute atomic E-state index is 0.0138. The first-order valence-electron chi connectivity index (χ1n) is 7.09. The molecule has 5 nitrogen and oxygen atoms in total. The van der Waals surface area contributed by atoms with Gasteiger partial charge in [0.25, 0.3) is 0 Å². The molecule has 0 fully saturated rings. The molecule has 2 aliphatic rings. The Morgan fingerprint density at radius 3 is 2.00 bits per heavy atom. The molecular formula is C17H18O5. The van der Waals surface area contributed by atoms with Crippen LogP contribution in [0.25, 0.3) is 0 Å². The van der Waals surface area contributed by atoms with Crippen molar-refractivity contribution in [3.05, 3.63) is 48.5 Å². The summed E-state index contributed by atoms with van der Waals surface area (Å²) in [6.45, 7) is 1.48. The van der Waals surface area contributed by atoms with Crippen molar-refractivity contribution < 1.29 is 23.7 Å². The third kappa shape index (κ3) is 3.43. The predicted octanol–water partition coefficient (Wildman–Crippen LogP) is 2.89. The zero-order chi connectivity index (χ0) is 15.2. The van der Waals surface area contributed by atoms with E-state index in [-0.39, 0.29) is 6.10 Å². The van der Waals surface area contributed by atoms with E-state index in [0.29, 0.717) is 20.0 Å². The van der Waals surface area contributed by atoms with Gasteiger partial charge in [-0.1, -0.05) is 24.3 Å². The number of methoxy groups -OCH3 is 1. The van der Waals surface area contributed by atoms with Crippen molar-refractivity contribution in [3.63, 3.8) is 0 Å². The highest BCUT2D eigenvalue weighted by Crippen LogP contribution is 2.31. The Kier molecular flexibility index (Phi) is 4.65. The van der Waals surface area contributed by atoms with Crippen molar-refractivity contribution in [1.82, 2.24) is 0 Å². The van der Waals surface area contributed by atoms with Gasteiger partial charge in [-0.15, -0.1) is 0 Å². The lowest BCUT2D eigenvalue weighted by molar-refractivity contribution is 0.0272. The van der Waals surface area contributed by atoms with Crippen LogP contribution >= 0.6 is 0 Å². The third-order valence-corrected chi connectivity index (χ3v) is 3.20. The number of benzene rings is 2. The molecule has 22 heavy (non-hydrogen) atoms. The second kappa shape index (κ2) is 7.04. The molecule has 0 N–H and O–H groups in total. The molecule has 0 aromatic heterocycles. The van der Waals surface area contributed by atoms with Gasteiger partial charge in [0.1, 0.15) is 6.61 Å². The lowest BCUT2D eigenvalue weighted by Crippen LogP contribution is -2.32. The molecule has 0 saturated carbocycles. The van der Waals surface area contributed by atoms with Crippen LogP contribution in [0.15, 0.2) is 48.5 Å². The van der Waals surface area contributed by atoms with Crippen molar-refractivity contribution in [2.75, 3.05) is 27.1 Å². The summed E-state index contributed by atoms with van der Waals surface area (Å²) in [4.78, 5) is 0. The van der Waals surface area contributed by atoms with E-state index in [4.69, 9.17) is 23.7 Å². The molecule has 0 amide bonds. The fourth-order valence-electron chi connectivity index (χ4n) is 2.18. The normalized spacial score (nSPS) is 17.4. The van der Waals surface area contributed by atoms with Crippen LogP contribution in [0.2, 0.25) is 0 Å². The average molecular weight is 302 g/mol. The van der Waals surface area contributed by atoms with E-state index in [1.807, 2.05) is 48.5 Å². The van der Waals surface area contributed by atoms with E-state index in [9.17, 15) is 0 Å². The molecule has 0 bridgehead atoms. The largest absolute Gasteiger partial charge is 0.486 e. The quantitative estimate of drug-likeness (QED) is 0.853. The van der Waals surface area contributed by atoms with Crippen LogP contribution in [0.3, 0.4) is 0 Å². The predicted molar refractivity (Wildman–Crippen MR) is 80.8 cm³/mol. The van der Waals surface area contributed by atoms with Gasteiger partial charge in [0.15, 0.2) is 29.1 Å². The van der Waals surface area contributed by atoms with E-state index in [1.54, 1.807) is 7.11 Å². The number of fused-ring (bicyclic) bond motifs is 2.